The van der Waals surface area contributed by atoms with Gasteiger partial charge in [0.2, 0.25) is 0 Å². The highest BCUT2D eigenvalue weighted by Gasteiger charge is 2.13. The Morgan fingerprint density at radius 2 is 1.62 bits per heavy atom. The molecule has 0 N–H and O–H groups in total. The van der Waals surface area contributed by atoms with Crippen molar-refractivity contribution >= 4 is 48.1 Å². The van der Waals surface area contributed by atoms with E-state index in [1.54, 1.807) is 22.7 Å². The van der Waals surface area contributed by atoms with Crippen LogP contribution in [-0.4, -0.2) is 14.4 Å². The molecule has 0 saturated carbocycles. The molecular formula is C16H9N3S2. The Bertz CT molecular complexity index is 1070. The van der Waals surface area contributed by atoms with Crippen molar-refractivity contribution < 1.29 is 0 Å². The maximum absolute atomic E-state index is 4.74. The first-order chi connectivity index (χ1) is 10.4. The SMILES string of the molecule is c1ccc2sc(-c3cn4c(n3)sc3ccccc34)nc2c1. The molecule has 5 heteroatoms. The minimum Gasteiger partial charge on any atom is -0.290 e. The zero-order valence-electron chi connectivity index (χ0n) is 10.9. The lowest BCUT2D eigenvalue weighted by atomic mass is 10.3. The first-order valence-electron chi connectivity index (χ1n) is 6.61. The Labute approximate surface area is 128 Å². The third-order valence-corrected chi connectivity index (χ3v) is 5.61. The number of imidazole rings is 1. The second-order valence-electron chi connectivity index (χ2n) is 4.84. The van der Waals surface area contributed by atoms with Crippen molar-refractivity contribution in [3.05, 3.63) is 54.7 Å². The first-order valence-corrected chi connectivity index (χ1v) is 8.24. The molecule has 5 aromatic rings. The minimum absolute atomic E-state index is 0.952. The smallest absolute Gasteiger partial charge is 0.195 e. The van der Waals surface area contributed by atoms with Crippen LogP contribution in [0.1, 0.15) is 0 Å². The molecule has 0 bridgehead atoms. The molecule has 3 nitrogen and oxygen atoms in total. The fourth-order valence-corrected chi connectivity index (χ4v) is 4.46. The molecule has 2 aromatic carbocycles. The van der Waals surface area contributed by atoms with Gasteiger partial charge in [0.15, 0.2) is 4.96 Å². The summed E-state index contributed by atoms with van der Waals surface area (Å²) < 4.78 is 4.62. The van der Waals surface area contributed by atoms with Crippen molar-refractivity contribution in [3.8, 4) is 10.7 Å². The van der Waals surface area contributed by atoms with Crippen molar-refractivity contribution in [2.45, 2.75) is 0 Å². The number of rotatable bonds is 1. The molecule has 5 rings (SSSR count). The Hall–Kier alpha value is -2.24. The third-order valence-electron chi connectivity index (χ3n) is 3.51. The van der Waals surface area contributed by atoms with Crippen LogP contribution in [0.2, 0.25) is 0 Å². The Balaban J connectivity index is 1.76. The lowest BCUT2D eigenvalue weighted by Crippen LogP contribution is -1.76. The van der Waals surface area contributed by atoms with Gasteiger partial charge < -0.3 is 0 Å². The van der Waals surface area contributed by atoms with Gasteiger partial charge in [-0.15, -0.1) is 11.3 Å². The molecule has 0 saturated heterocycles. The molecule has 3 heterocycles. The van der Waals surface area contributed by atoms with Crippen molar-refractivity contribution in [2.75, 3.05) is 0 Å². The standard InChI is InChI=1S/C16H9N3S2/c1-3-7-13-10(5-1)17-15(20-13)11-9-19-12-6-2-4-8-14(12)21-16(19)18-11/h1-9H. The summed E-state index contributed by atoms with van der Waals surface area (Å²) in [5.41, 5.74) is 3.20. The van der Waals surface area contributed by atoms with E-state index in [1.165, 1.54) is 14.9 Å². The zero-order valence-corrected chi connectivity index (χ0v) is 12.5. The maximum atomic E-state index is 4.74. The predicted molar refractivity (Wildman–Crippen MR) is 89.2 cm³/mol. The van der Waals surface area contributed by atoms with Crippen molar-refractivity contribution in [2.24, 2.45) is 0 Å². The monoisotopic (exact) mass is 307 g/mol. The van der Waals surface area contributed by atoms with Gasteiger partial charge in [-0.1, -0.05) is 35.6 Å². The van der Waals surface area contributed by atoms with Gasteiger partial charge in [0, 0.05) is 6.20 Å². The van der Waals surface area contributed by atoms with Crippen LogP contribution in [0.25, 0.3) is 36.1 Å². The molecule has 21 heavy (non-hydrogen) atoms. The number of aromatic nitrogens is 3. The third kappa shape index (κ3) is 1.65. The van der Waals surface area contributed by atoms with Gasteiger partial charge in [-0.2, -0.15) is 0 Å². The summed E-state index contributed by atoms with van der Waals surface area (Å²) >= 11 is 3.40. The van der Waals surface area contributed by atoms with Crippen LogP contribution in [-0.2, 0) is 0 Å². The second kappa shape index (κ2) is 4.13. The van der Waals surface area contributed by atoms with Crippen LogP contribution in [0.3, 0.4) is 0 Å². The van der Waals surface area contributed by atoms with Gasteiger partial charge in [-0.3, -0.25) is 4.40 Å². The molecule has 0 unspecified atom stereocenters. The first kappa shape index (κ1) is 11.4. The van der Waals surface area contributed by atoms with Gasteiger partial charge in [0.05, 0.1) is 20.4 Å². The average molecular weight is 307 g/mol. The van der Waals surface area contributed by atoms with Gasteiger partial charge in [0.1, 0.15) is 10.7 Å². The van der Waals surface area contributed by atoms with Gasteiger partial charge in [-0.05, 0) is 24.3 Å². The Morgan fingerprint density at radius 1 is 0.810 bits per heavy atom. The number of benzene rings is 2. The number of hydrogen-bond acceptors (Lipinski definition) is 4. The van der Waals surface area contributed by atoms with Crippen LogP contribution < -0.4 is 0 Å². The fourth-order valence-electron chi connectivity index (χ4n) is 2.53. The minimum atomic E-state index is 0.952. The number of thiazole rings is 2. The van der Waals surface area contributed by atoms with E-state index in [1.807, 2.05) is 18.2 Å². The molecular weight excluding hydrogens is 298 g/mol. The molecule has 0 aliphatic heterocycles. The van der Waals surface area contributed by atoms with E-state index in [0.717, 1.165) is 21.2 Å². The van der Waals surface area contributed by atoms with Crippen LogP contribution in [0.15, 0.2) is 54.7 Å². The molecule has 3 aromatic heterocycles. The largest absolute Gasteiger partial charge is 0.290 e. The van der Waals surface area contributed by atoms with Crippen molar-refractivity contribution in [1.29, 1.82) is 0 Å². The highest BCUT2D eigenvalue weighted by molar-refractivity contribution is 7.23. The number of para-hydroxylation sites is 2. The number of nitrogens with zero attached hydrogens (tertiary/aromatic N) is 3. The van der Waals surface area contributed by atoms with Crippen molar-refractivity contribution in [1.82, 2.24) is 14.4 Å². The van der Waals surface area contributed by atoms with E-state index in [4.69, 9.17) is 4.98 Å². The van der Waals surface area contributed by atoms with E-state index in [2.05, 4.69) is 45.9 Å². The molecule has 0 radical (unpaired) electrons. The van der Waals surface area contributed by atoms with Crippen LogP contribution in [0.5, 0.6) is 0 Å². The van der Waals surface area contributed by atoms with E-state index >= 15 is 0 Å². The van der Waals surface area contributed by atoms with Crippen LogP contribution >= 0.6 is 22.7 Å². The molecule has 0 aliphatic carbocycles. The average Bonchev–Trinajstić information content (AvgIpc) is 3.18. The Kier molecular flexibility index (Phi) is 2.25. The normalized spacial score (nSPS) is 11.8. The van der Waals surface area contributed by atoms with Crippen LogP contribution in [0, 0.1) is 0 Å². The molecule has 0 aliphatic rings. The predicted octanol–water partition coefficient (Wildman–Crippen LogP) is 4.83. The summed E-state index contributed by atoms with van der Waals surface area (Å²) in [4.78, 5) is 10.4. The lowest BCUT2D eigenvalue weighted by molar-refractivity contribution is 1.30. The molecule has 0 fully saturated rings. The topological polar surface area (TPSA) is 30.2 Å². The molecule has 0 spiro atoms. The molecule has 100 valence electrons. The van der Waals surface area contributed by atoms with Gasteiger partial charge >= 0.3 is 0 Å². The molecule has 0 amide bonds. The summed E-state index contributed by atoms with van der Waals surface area (Å²) in [6.45, 7) is 0. The van der Waals surface area contributed by atoms with E-state index in [0.29, 0.717) is 0 Å². The van der Waals surface area contributed by atoms with Crippen molar-refractivity contribution in [3.63, 3.8) is 0 Å². The van der Waals surface area contributed by atoms with E-state index < -0.39 is 0 Å². The number of fused-ring (bicyclic) bond motifs is 4. The molecule has 0 atom stereocenters. The number of hydrogen-bond donors (Lipinski definition) is 0. The second-order valence-corrected chi connectivity index (χ2v) is 6.87. The lowest BCUT2D eigenvalue weighted by Gasteiger charge is -1.89. The summed E-state index contributed by atoms with van der Waals surface area (Å²) in [5, 5.41) is 0.983. The summed E-state index contributed by atoms with van der Waals surface area (Å²) in [7, 11) is 0. The zero-order chi connectivity index (χ0) is 13.8. The quantitative estimate of drug-likeness (QED) is 0.444. The van der Waals surface area contributed by atoms with Crippen LogP contribution in [0.4, 0.5) is 0 Å². The summed E-state index contributed by atoms with van der Waals surface area (Å²) in [5.74, 6) is 0. The summed E-state index contributed by atoms with van der Waals surface area (Å²) in [6.07, 6.45) is 2.09. The summed E-state index contributed by atoms with van der Waals surface area (Å²) in [6, 6.07) is 16.6. The van der Waals surface area contributed by atoms with Gasteiger partial charge in [-0.25, -0.2) is 9.97 Å². The van der Waals surface area contributed by atoms with E-state index in [9.17, 15) is 0 Å². The highest BCUT2D eigenvalue weighted by atomic mass is 32.1. The van der Waals surface area contributed by atoms with Gasteiger partial charge in [0.25, 0.3) is 0 Å². The van der Waals surface area contributed by atoms with E-state index in [-0.39, 0.29) is 0 Å². The highest BCUT2D eigenvalue weighted by Crippen LogP contribution is 2.32. The Morgan fingerprint density at radius 3 is 2.52 bits per heavy atom. The maximum Gasteiger partial charge on any atom is 0.195 e. The fraction of sp³-hybridized carbons (Fsp3) is 0.